The molecule has 0 saturated carbocycles. The van der Waals surface area contributed by atoms with Crippen LogP contribution in [0.15, 0.2) is 12.3 Å². The minimum atomic E-state index is -2.02. The van der Waals surface area contributed by atoms with E-state index in [9.17, 15) is 4.57 Å². The monoisotopic (exact) mass is 120 g/mol. The van der Waals surface area contributed by atoms with E-state index in [1.54, 1.807) is 0 Å². The molecule has 0 amide bonds. The van der Waals surface area contributed by atoms with Gasteiger partial charge in [0.2, 0.25) is 0 Å². The predicted octanol–water partition coefficient (Wildman–Crippen LogP) is 0.194. The maximum absolute atomic E-state index is 9.80. The molecule has 0 aliphatic heterocycles. The summed E-state index contributed by atoms with van der Waals surface area (Å²) in [5.74, 6) is 0. The van der Waals surface area contributed by atoms with Crippen LogP contribution in [0, 0.1) is 0 Å². The largest absolute Gasteiger partial charge is 0.509 e. The number of hydrogen-bond donors (Lipinski definition) is 2. The van der Waals surface area contributed by atoms with Gasteiger partial charge in [-0.1, -0.05) is 0 Å². The fourth-order valence-corrected chi connectivity index (χ4v) is 0.453. The summed E-state index contributed by atoms with van der Waals surface area (Å²) in [4.78, 5) is 8.09. The lowest BCUT2D eigenvalue weighted by molar-refractivity contribution is 0.506. The van der Waals surface area contributed by atoms with Crippen molar-refractivity contribution in [3.8, 4) is 0 Å². The van der Waals surface area contributed by atoms with E-state index in [1.165, 1.54) is 12.3 Å². The molecule has 0 heterocycles. The molecule has 0 aromatic heterocycles. The molecule has 1 unspecified atom stereocenters. The molecule has 0 aromatic rings. The average Bonchev–Trinajstić information content (AvgIpc) is 1.61. The van der Waals surface area contributed by atoms with E-state index in [1.807, 2.05) is 0 Å². The number of rotatable bonds is 2. The Labute approximate surface area is 42.7 Å². The van der Waals surface area contributed by atoms with Crippen LogP contribution in [-0.2, 0) is 4.57 Å². The van der Waals surface area contributed by atoms with E-state index in [2.05, 4.69) is 0 Å². The van der Waals surface area contributed by atoms with Gasteiger partial charge in [0.05, 0.1) is 0 Å². The highest BCUT2D eigenvalue weighted by atomic mass is 31.1. The first-order valence-corrected chi connectivity index (χ1v) is 3.17. The molecule has 0 radical (unpaired) electrons. The quantitative estimate of drug-likeness (QED) is 0.511. The first-order valence-electron chi connectivity index (χ1n) is 1.77. The summed E-state index contributed by atoms with van der Waals surface area (Å²) in [6, 6.07) is 0. The minimum Gasteiger partial charge on any atom is -0.405 e. The third-order valence-corrected chi connectivity index (χ3v) is 0.921. The Hall–Kier alpha value is -0.400. The van der Waals surface area contributed by atoms with Crippen LogP contribution in [0.5, 0.6) is 0 Å². The van der Waals surface area contributed by atoms with Gasteiger partial charge in [-0.25, -0.2) is 0 Å². The Morgan fingerprint density at radius 2 is 2.43 bits per heavy atom. The summed E-state index contributed by atoms with van der Waals surface area (Å²) in [7, 11) is -2.02. The highest BCUT2D eigenvalue weighted by molar-refractivity contribution is 7.38. The molecule has 0 saturated heterocycles. The van der Waals surface area contributed by atoms with Crippen LogP contribution in [0.2, 0.25) is 0 Å². The second-order valence-electron chi connectivity index (χ2n) is 0.963. The molecule has 0 aromatic carbocycles. The molecule has 0 spiro atoms. The molecular weight excluding hydrogens is 113 g/mol. The van der Waals surface area contributed by atoms with Gasteiger partial charge in [-0.05, 0) is 16.8 Å². The SMILES string of the molecule is NC=CC[P+](=O)O. The van der Waals surface area contributed by atoms with E-state index < -0.39 is 8.03 Å². The van der Waals surface area contributed by atoms with E-state index in [-0.39, 0.29) is 6.16 Å². The molecule has 0 rings (SSSR count). The second-order valence-corrected chi connectivity index (χ2v) is 2.03. The standard InChI is InChI=1S/C3H6NO2P/c4-2-1-3-7(5)6/h1-2H,3-4H2/p+1. The molecule has 40 valence electrons. The van der Waals surface area contributed by atoms with Crippen molar-refractivity contribution in [3.05, 3.63) is 12.3 Å². The number of nitrogens with two attached hydrogens (primary N) is 1. The summed E-state index contributed by atoms with van der Waals surface area (Å²) in [5, 5.41) is 0. The Balaban J connectivity index is 3.14. The summed E-state index contributed by atoms with van der Waals surface area (Å²) in [6.07, 6.45) is 2.86. The molecule has 0 fully saturated rings. The van der Waals surface area contributed by atoms with Gasteiger partial charge in [-0.2, -0.15) is 4.89 Å². The smallest absolute Gasteiger partial charge is 0.405 e. The molecule has 0 bridgehead atoms. The maximum atomic E-state index is 9.80. The molecule has 7 heavy (non-hydrogen) atoms. The van der Waals surface area contributed by atoms with Crippen molar-refractivity contribution in [1.82, 2.24) is 0 Å². The summed E-state index contributed by atoms with van der Waals surface area (Å²) >= 11 is 0. The summed E-state index contributed by atoms with van der Waals surface area (Å²) in [6.45, 7) is 0. The zero-order valence-electron chi connectivity index (χ0n) is 3.74. The fraction of sp³-hybridized carbons (Fsp3) is 0.333. The Bertz CT molecular complexity index is 90.9. The van der Waals surface area contributed by atoms with Crippen LogP contribution in [-0.4, -0.2) is 11.1 Å². The van der Waals surface area contributed by atoms with Crippen molar-refractivity contribution < 1.29 is 9.46 Å². The van der Waals surface area contributed by atoms with Crippen molar-refractivity contribution in [3.63, 3.8) is 0 Å². The van der Waals surface area contributed by atoms with Gasteiger partial charge in [0.1, 0.15) is 0 Å². The van der Waals surface area contributed by atoms with E-state index in [4.69, 9.17) is 10.6 Å². The van der Waals surface area contributed by atoms with Gasteiger partial charge in [0.15, 0.2) is 6.16 Å². The molecule has 1 atom stereocenters. The molecule has 4 heteroatoms. The Kier molecular flexibility index (Phi) is 3.56. The van der Waals surface area contributed by atoms with Gasteiger partial charge in [-0.15, -0.1) is 0 Å². The highest BCUT2D eigenvalue weighted by Crippen LogP contribution is 2.10. The second kappa shape index (κ2) is 3.78. The van der Waals surface area contributed by atoms with E-state index in [0.29, 0.717) is 0 Å². The zero-order chi connectivity index (χ0) is 5.70. The van der Waals surface area contributed by atoms with Crippen LogP contribution >= 0.6 is 8.03 Å². The maximum Gasteiger partial charge on any atom is 0.509 e. The number of hydrogen-bond acceptors (Lipinski definition) is 2. The predicted molar refractivity (Wildman–Crippen MR) is 28.0 cm³/mol. The Morgan fingerprint density at radius 1 is 1.86 bits per heavy atom. The van der Waals surface area contributed by atoms with Crippen LogP contribution in [0.1, 0.15) is 0 Å². The first kappa shape index (κ1) is 6.60. The van der Waals surface area contributed by atoms with Crippen LogP contribution in [0.25, 0.3) is 0 Å². The molecule has 0 aliphatic rings. The topological polar surface area (TPSA) is 63.3 Å². The lowest BCUT2D eigenvalue weighted by Gasteiger charge is -1.64. The van der Waals surface area contributed by atoms with Crippen molar-refractivity contribution >= 4 is 8.03 Å². The highest BCUT2D eigenvalue weighted by Gasteiger charge is 2.02. The van der Waals surface area contributed by atoms with E-state index >= 15 is 0 Å². The van der Waals surface area contributed by atoms with Gasteiger partial charge in [-0.3, -0.25) is 0 Å². The normalized spacial score (nSPS) is 12.4. The molecule has 0 aliphatic carbocycles. The molecule has 3 N–H and O–H groups in total. The summed E-state index contributed by atoms with van der Waals surface area (Å²) < 4.78 is 9.80. The fourth-order valence-electron chi connectivity index (χ4n) is 0.151. The summed E-state index contributed by atoms with van der Waals surface area (Å²) in [5.41, 5.74) is 4.86. The molecular formula is C3H7NO2P+. The van der Waals surface area contributed by atoms with Crippen LogP contribution in [0.4, 0.5) is 0 Å². The van der Waals surface area contributed by atoms with Gasteiger partial charge < -0.3 is 5.73 Å². The average molecular weight is 120 g/mol. The lowest BCUT2D eigenvalue weighted by Crippen LogP contribution is -1.76. The third kappa shape index (κ3) is 5.60. The van der Waals surface area contributed by atoms with Crippen molar-refractivity contribution in [2.75, 3.05) is 6.16 Å². The van der Waals surface area contributed by atoms with Crippen LogP contribution < -0.4 is 5.73 Å². The number of allylic oxidation sites excluding steroid dienone is 1. The van der Waals surface area contributed by atoms with E-state index in [0.717, 1.165) is 0 Å². The van der Waals surface area contributed by atoms with Crippen molar-refractivity contribution in [2.24, 2.45) is 5.73 Å². The lowest BCUT2D eigenvalue weighted by atomic mass is 10.7. The van der Waals surface area contributed by atoms with Crippen LogP contribution in [0.3, 0.4) is 0 Å². The van der Waals surface area contributed by atoms with Gasteiger partial charge in [0, 0.05) is 0 Å². The first-order chi connectivity index (χ1) is 3.27. The third-order valence-electron chi connectivity index (χ3n) is 0.398. The molecule has 3 nitrogen and oxygen atoms in total. The van der Waals surface area contributed by atoms with Crippen molar-refractivity contribution in [2.45, 2.75) is 0 Å². The minimum absolute atomic E-state index is 0.159. The van der Waals surface area contributed by atoms with Gasteiger partial charge >= 0.3 is 8.03 Å². The van der Waals surface area contributed by atoms with Gasteiger partial charge in [0.25, 0.3) is 0 Å². The zero-order valence-corrected chi connectivity index (χ0v) is 4.64. The Morgan fingerprint density at radius 3 is 2.57 bits per heavy atom. The van der Waals surface area contributed by atoms with Crippen molar-refractivity contribution in [1.29, 1.82) is 0 Å².